The number of ether oxygens (including phenoxy) is 2. The Bertz CT molecular complexity index is 421. The summed E-state index contributed by atoms with van der Waals surface area (Å²) in [4.78, 5) is 0. The SMILES string of the molecule is Cc1cc2c(cc1CC1(CO)CC1)OCO2. The van der Waals surface area contributed by atoms with Gasteiger partial charge in [0.15, 0.2) is 11.5 Å². The molecule has 0 spiro atoms. The van der Waals surface area contributed by atoms with Crippen molar-refractivity contribution in [2.75, 3.05) is 13.4 Å². The molecule has 86 valence electrons. The quantitative estimate of drug-likeness (QED) is 0.847. The van der Waals surface area contributed by atoms with Gasteiger partial charge in [0.1, 0.15) is 0 Å². The molecule has 0 saturated heterocycles. The molecular formula is C13H16O3. The topological polar surface area (TPSA) is 38.7 Å². The van der Waals surface area contributed by atoms with Gasteiger partial charge in [0.2, 0.25) is 6.79 Å². The van der Waals surface area contributed by atoms with Crippen molar-refractivity contribution in [3.05, 3.63) is 23.3 Å². The van der Waals surface area contributed by atoms with Gasteiger partial charge in [0, 0.05) is 6.61 Å². The van der Waals surface area contributed by atoms with Gasteiger partial charge in [0.05, 0.1) is 0 Å². The van der Waals surface area contributed by atoms with Crippen LogP contribution < -0.4 is 9.47 Å². The summed E-state index contributed by atoms with van der Waals surface area (Å²) < 4.78 is 10.7. The highest BCUT2D eigenvalue weighted by Crippen LogP contribution is 2.49. The lowest BCUT2D eigenvalue weighted by molar-refractivity contribution is 0.174. The van der Waals surface area contributed by atoms with Crippen molar-refractivity contribution in [2.24, 2.45) is 5.41 Å². The molecule has 1 aromatic rings. The first-order valence-corrected chi connectivity index (χ1v) is 5.72. The van der Waals surface area contributed by atoms with Gasteiger partial charge in [-0.3, -0.25) is 0 Å². The van der Waals surface area contributed by atoms with E-state index in [0.29, 0.717) is 13.4 Å². The van der Waals surface area contributed by atoms with Crippen LogP contribution in [-0.4, -0.2) is 18.5 Å². The molecule has 1 aromatic carbocycles. The van der Waals surface area contributed by atoms with Crippen LogP contribution in [0, 0.1) is 12.3 Å². The predicted molar refractivity (Wildman–Crippen MR) is 59.8 cm³/mol. The molecule has 1 aliphatic heterocycles. The first-order chi connectivity index (χ1) is 7.72. The summed E-state index contributed by atoms with van der Waals surface area (Å²) in [7, 11) is 0. The second kappa shape index (κ2) is 3.39. The molecule has 1 fully saturated rings. The van der Waals surface area contributed by atoms with E-state index in [0.717, 1.165) is 30.8 Å². The molecule has 2 aliphatic rings. The smallest absolute Gasteiger partial charge is 0.231 e. The van der Waals surface area contributed by atoms with Crippen LogP contribution in [0.4, 0.5) is 0 Å². The number of aryl methyl sites for hydroxylation is 1. The van der Waals surface area contributed by atoms with Gasteiger partial charge in [-0.25, -0.2) is 0 Å². The molecule has 0 atom stereocenters. The molecule has 3 heteroatoms. The number of aliphatic hydroxyl groups excluding tert-OH is 1. The van der Waals surface area contributed by atoms with Gasteiger partial charge < -0.3 is 14.6 Å². The highest BCUT2D eigenvalue weighted by atomic mass is 16.7. The molecule has 0 unspecified atom stereocenters. The summed E-state index contributed by atoms with van der Waals surface area (Å²) in [5.41, 5.74) is 2.65. The fraction of sp³-hybridized carbons (Fsp3) is 0.538. The summed E-state index contributed by atoms with van der Waals surface area (Å²) in [6.45, 7) is 2.70. The molecule has 3 nitrogen and oxygen atoms in total. The lowest BCUT2D eigenvalue weighted by Crippen LogP contribution is -2.10. The fourth-order valence-corrected chi connectivity index (χ4v) is 2.25. The minimum atomic E-state index is 0.151. The van der Waals surface area contributed by atoms with Crippen molar-refractivity contribution in [2.45, 2.75) is 26.2 Å². The summed E-state index contributed by atoms with van der Waals surface area (Å²) in [5, 5.41) is 9.35. The van der Waals surface area contributed by atoms with E-state index in [2.05, 4.69) is 13.0 Å². The molecule has 16 heavy (non-hydrogen) atoms. The van der Waals surface area contributed by atoms with Crippen molar-refractivity contribution >= 4 is 0 Å². The van der Waals surface area contributed by atoms with Crippen LogP contribution >= 0.6 is 0 Å². The van der Waals surface area contributed by atoms with Crippen molar-refractivity contribution in [1.82, 2.24) is 0 Å². The third kappa shape index (κ3) is 1.55. The van der Waals surface area contributed by atoms with E-state index < -0.39 is 0 Å². The van der Waals surface area contributed by atoms with E-state index in [9.17, 15) is 5.11 Å². The van der Waals surface area contributed by atoms with Gasteiger partial charge in [-0.15, -0.1) is 0 Å². The third-order valence-corrected chi connectivity index (χ3v) is 3.69. The lowest BCUT2D eigenvalue weighted by Gasteiger charge is -2.14. The maximum Gasteiger partial charge on any atom is 0.231 e. The fourth-order valence-electron chi connectivity index (χ4n) is 2.25. The van der Waals surface area contributed by atoms with E-state index in [1.165, 1.54) is 11.1 Å². The van der Waals surface area contributed by atoms with Gasteiger partial charge in [-0.05, 0) is 54.9 Å². The molecule has 1 aliphatic carbocycles. The first-order valence-electron chi connectivity index (χ1n) is 5.72. The zero-order chi connectivity index (χ0) is 11.2. The van der Waals surface area contributed by atoms with Crippen molar-refractivity contribution in [1.29, 1.82) is 0 Å². The first kappa shape index (κ1) is 9.97. The van der Waals surface area contributed by atoms with Crippen molar-refractivity contribution in [3.8, 4) is 11.5 Å². The largest absolute Gasteiger partial charge is 0.454 e. The molecule has 1 saturated carbocycles. The van der Waals surface area contributed by atoms with Gasteiger partial charge >= 0.3 is 0 Å². The van der Waals surface area contributed by atoms with Crippen LogP contribution in [0.25, 0.3) is 0 Å². The summed E-state index contributed by atoms with van der Waals surface area (Å²) in [5.74, 6) is 1.68. The lowest BCUT2D eigenvalue weighted by atomic mass is 9.94. The Labute approximate surface area is 95.0 Å². The molecule has 3 rings (SSSR count). The standard InChI is InChI=1S/C13H16O3/c1-9-4-11-12(16-8-15-11)5-10(9)6-13(7-14)2-3-13/h4-5,14H,2-3,6-8H2,1H3. The van der Waals surface area contributed by atoms with Gasteiger partial charge in [0.25, 0.3) is 0 Å². The Morgan fingerprint density at radius 2 is 1.94 bits per heavy atom. The van der Waals surface area contributed by atoms with Crippen LogP contribution in [0.5, 0.6) is 11.5 Å². The van der Waals surface area contributed by atoms with E-state index >= 15 is 0 Å². The highest BCUT2D eigenvalue weighted by Gasteiger charge is 2.42. The van der Waals surface area contributed by atoms with Crippen molar-refractivity contribution < 1.29 is 14.6 Å². The number of benzene rings is 1. The number of hydrogen-bond donors (Lipinski definition) is 1. The molecule has 0 amide bonds. The maximum absolute atomic E-state index is 9.35. The Morgan fingerprint density at radius 3 is 2.56 bits per heavy atom. The molecule has 1 N–H and O–H groups in total. The van der Waals surface area contributed by atoms with E-state index in [1.54, 1.807) is 0 Å². The second-order valence-electron chi connectivity index (χ2n) is 4.97. The Kier molecular flexibility index (Phi) is 2.11. The average Bonchev–Trinajstić information content (AvgIpc) is 2.91. The summed E-state index contributed by atoms with van der Waals surface area (Å²) in [6, 6.07) is 4.10. The van der Waals surface area contributed by atoms with Gasteiger partial charge in [-0.1, -0.05) is 0 Å². The number of aliphatic hydroxyl groups is 1. The molecule has 0 bridgehead atoms. The zero-order valence-corrected chi connectivity index (χ0v) is 9.45. The monoisotopic (exact) mass is 220 g/mol. The van der Waals surface area contributed by atoms with Crippen LogP contribution in [0.15, 0.2) is 12.1 Å². The number of rotatable bonds is 3. The highest BCUT2D eigenvalue weighted by molar-refractivity contribution is 5.48. The molecular weight excluding hydrogens is 204 g/mol. The number of fused-ring (bicyclic) bond motifs is 1. The number of hydrogen-bond acceptors (Lipinski definition) is 3. The second-order valence-corrected chi connectivity index (χ2v) is 4.97. The molecule has 0 radical (unpaired) electrons. The third-order valence-electron chi connectivity index (χ3n) is 3.69. The minimum Gasteiger partial charge on any atom is -0.454 e. The van der Waals surface area contributed by atoms with Crippen LogP contribution in [0.1, 0.15) is 24.0 Å². The summed E-state index contributed by atoms with van der Waals surface area (Å²) in [6.07, 6.45) is 3.22. The summed E-state index contributed by atoms with van der Waals surface area (Å²) >= 11 is 0. The van der Waals surface area contributed by atoms with E-state index in [-0.39, 0.29) is 5.41 Å². The molecule has 1 heterocycles. The predicted octanol–water partition coefficient (Wildman–Crippen LogP) is 2.04. The molecule has 0 aromatic heterocycles. The maximum atomic E-state index is 9.35. The van der Waals surface area contributed by atoms with Gasteiger partial charge in [-0.2, -0.15) is 0 Å². The Hall–Kier alpha value is -1.22. The Balaban J connectivity index is 1.90. The van der Waals surface area contributed by atoms with Crippen LogP contribution in [0.2, 0.25) is 0 Å². The van der Waals surface area contributed by atoms with Crippen LogP contribution in [0.3, 0.4) is 0 Å². The minimum absolute atomic E-state index is 0.151. The van der Waals surface area contributed by atoms with E-state index in [1.807, 2.05) is 6.07 Å². The normalized spacial score (nSPS) is 19.9. The zero-order valence-electron chi connectivity index (χ0n) is 9.45. The average molecular weight is 220 g/mol. The van der Waals surface area contributed by atoms with E-state index in [4.69, 9.17) is 9.47 Å². The van der Waals surface area contributed by atoms with Crippen LogP contribution in [-0.2, 0) is 6.42 Å². The Morgan fingerprint density at radius 1 is 1.25 bits per heavy atom. The van der Waals surface area contributed by atoms with Crippen molar-refractivity contribution in [3.63, 3.8) is 0 Å².